The average molecular weight is 356 g/mol. The summed E-state index contributed by atoms with van der Waals surface area (Å²) in [6.07, 6.45) is 6.14. The van der Waals surface area contributed by atoms with Crippen molar-refractivity contribution in [2.24, 2.45) is 7.05 Å². The highest BCUT2D eigenvalue weighted by Crippen LogP contribution is 2.37. The number of aromatic nitrogens is 2. The van der Waals surface area contributed by atoms with E-state index in [-0.39, 0.29) is 13.2 Å². The summed E-state index contributed by atoms with van der Waals surface area (Å²) in [7, 11) is -1.53. The van der Waals surface area contributed by atoms with E-state index >= 15 is 0 Å². The normalized spacial score (nSPS) is 13.3. The Kier molecular flexibility index (Phi) is 13.1. The highest BCUT2D eigenvalue weighted by molar-refractivity contribution is 7.45. The Morgan fingerprint density at radius 2 is 1.74 bits per heavy atom. The quantitative estimate of drug-likeness (QED) is 0.325. The fourth-order valence-corrected chi connectivity index (χ4v) is 1.65. The Labute approximate surface area is 136 Å². The molecule has 0 bridgehead atoms. The Bertz CT molecular complexity index is 440. The molecule has 0 saturated heterocycles. The average Bonchev–Trinajstić information content (AvgIpc) is 2.91. The second kappa shape index (κ2) is 13.6. The molecule has 8 nitrogen and oxygen atoms in total. The largest absolute Gasteiger partial charge is 0.753 e. The van der Waals surface area contributed by atoms with Crippen LogP contribution in [-0.4, -0.2) is 51.3 Å². The molecular weight excluding hydrogens is 330 g/mol. The first-order chi connectivity index (χ1) is 10.9. The number of halogens is 1. The molecule has 0 fully saturated rings. The van der Waals surface area contributed by atoms with Crippen LogP contribution in [-0.2, 0) is 36.9 Å². The highest BCUT2D eigenvalue weighted by atomic mass is 31.2. The Morgan fingerprint density at radius 3 is 2.13 bits per heavy atom. The summed E-state index contributed by atoms with van der Waals surface area (Å²) in [6.45, 7) is 4.50. The number of nitrogens with zero attached hydrogens (tertiary/aromatic N) is 2. The molecule has 0 saturated carbocycles. The van der Waals surface area contributed by atoms with E-state index in [0.29, 0.717) is 26.4 Å². The number of methoxy groups -OCH3 is 1. The zero-order valence-electron chi connectivity index (χ0n) is 13.9. The third-order valence-corrected chi connectivity index (χ3v) is 2.96. The smallest absolute Gasteiger partial charge is 0.307 e. The van der Waals surface area contributed by atoms with Crippen LogP contribution in [0.1, 0.15) is 6.92 Å². The maximum absolute atomic E-state index is 11.8. The van der Waals surface area contributed by atoms with Crippen molar-refractivity contribution < 1.29 is 37.0 Å². The van der Waals surface area contributed by atoms with Crippen LogP contribution in [0.25, 0.3) is 0 Å². The van der Waals surface area contributed by atoms with Crippen molar-refractivity contribution >= 4 is 7.91 Å². The van der Waals surface area contributed by atoms with E-state index in [4.69, 9.17) is 14.2 Å². The minimum Gasteiger partial charge on any atom is -0.753 e. The van der Waals surface area contributed by atoms with Gasteiger partial charge in [0.2, 0.25) is 6.33 Å². The summed E-state index contributed by atoms with van der Waals surface area (Å²) >= 11 is 0. The molecule has 0 radical (unpaired) electrons. The first-order valence-electron chi connectivity index (χ1n) is 7.19. The van der Waals surface area contributed by atoms with Crippen LogP contribution in [0.4, 0.5) is 4.20 Å². The molecule has 0 amide bonds. The molecule has 1 aromatic heterocycles. The van der Waals surface area contributed by atoms with E-state index in [0.717, 1.165) is 6.54 Å². The van der Waals surface area contributed by atoms with Gasteiger partial charge in [0, 0.05) is 7.11 Å². The Hall–Kier alpha value is -0.830. The van der Waals surface area contributed by atoms with Crippen molar-refractivity contribution in [1.82, 2.24) is 4.57 Å². The number of hydrogen-bond acceptors (Lipinski definition) is 6. The van der Waals surface area contributed by atoms with Crippen molar-refractivity contribution in [3.05, 3.63) is 18.7 Å². The van der Waals surface area contributed by atoms with E-state index in [1.165, 1.54) is 0 Å². The number of hydrogen-bond donors (Lipinski definition) is 0. The summed E-state index contributed by atoms with van der Waals surface area (Å²) in [5.74, 6) is 0. The van der Waals surface area contributed by atoms with Crippen LogP contribution >= 0.6 is 7.91 Å². The lowest BCUT2D eigenvalue weighted by molar-refractivity contribution is -0.671. The van der Waals surface area contributed by atoms with E-state index < -0.39 is 7.91 Å². The van der Waals surface area contributed by atoms with Gasteiger partial charge in [0.05, 0.1) is 53.2 Å². The lowest BCUT2D eigenvalue weighted by Gasteiger charge is -2.12. The predicted molar refractivity (Wildman–Crippen MR) is 79.5 cm³/mol. The molecule has 10 heteroatoms. The zero-order valence-corrected chi connectivity index (χ0v) is 14.7. The summed E-state index contributed by atoms with van der Waals surface area (Å²) in [6, 6.07) is 0. The van der Waals surface area contributed by atoms with Gasteiger partial charge in [0.15, 0.2) is 0 Å². The Balaban J connectivity index is 0.000000502. The SMILES string of the molecule is CCn1cc[n+](C)c1.COCCOCCOCCOP(=O)([O-])F. The van der Waals surface area contributed by atoms with Gasteiger partial charge in [0.1, 0.15) is 12.4 Å². The van der Waals surface area contributed by atoms with Crippen molar-refractivity contribution in [1.29, 1.82) is 0 Å². The van der Waals surface area contributed by atoms with Crippen molar-refractivity contribution in [3.8, 4) is 0 Å². The predicted octanol–water partition coefficient (Wildman–Crippen LogP) is 0.453. The molecule has 136 valence electrons. The van der Waals surface area contributed by atoms with Gasteiger partial charge >= 0.3 is 7.91 Å². The fourth-order valence-electron chi connectivity index (χ4n) is 1.36. The summed E-state index contributed by atoms with van der Waals surface area (Å²) in [5.41, 5.74) is 0. The first kappa shape index (κ1) is 22.2. The third-order valence-electron chi connectivity index (χ3n) is 2.47. The molecular formula is C13H26FN2O6P. The lowest BCUT2D eigenvalue weighted by atomic mass is 10.7. The van der Waals surface area contributed by atoms with Crippen LogP contribution in [0.5, 0.6) is 0 Å². The molecule has 0 spiro atoms. The monoisotopic (exact) mass is 356 g/mol. The summed E-state index contributed by atoms with van der Waals surface area (Å²) < 4.78 is 44.3. The molecule has 0 aliphatic rings. The summed E-state index contributed by atoms with van der Waals surface area (Å²) in [4.78, 5) is 9.88. The first-order valence-corrected chi connectivity index (χ1v) is 8.63. The van der Waals surface area contributed by atoms with Gasteiger partial charge in [-0.3, -0.25) is 4.57 Å². The van der Waals surface area contributed by atoms with Crippen LogP contribution in [0.15, 0.2) is 18.7 Å². The van der Waals surface area contributed by atoms with Crippen LogP contribution in [0.3, 0.4) is 0 Å². The highest BCUT2D eigenvalue weighted by Gasteiger charge is 2.03. The molecule has 23 heavy (non-hydrogen) atoms. The maximum atomic E-state index is 11.8. The molecule has 0 aliphatic carbocycles. The number of rotatable bonds is 11. The second-order valence-electron chi connectivity index (χ2n) is 4.39. The van der Waals surface area contributed by atoms with Gasteiger partial charge in [-0.25, -0.2) is 9.13 Å². The molecule has 1 aromatic rings. The van der Waals surface area contributed by atoms with Gasteiger partial charge in [-0.2, -0.15) is 4.20 Å². The zero-order chi connectivity index (χ0) is 17.6. The molecule has 1 heterocycles. The fraction of sp³-hybridized carbons (Fsp3) is 0.769. The topological polar surface area (TPSA) is 85.9 Å². The number of imidazole rings is 1. The maximum Gasteiger partial charge on any atom is 0.307 e. The minimum absolute atomic E-state index is 0.00376. The molecule has 0 aliphatic heterocycles. The molecule has 0 N–H and O–H groups in total. The van der Waals surface area contributed by atoms with Gasteiger partial charge < -0.3 is 23.6 Å². The van der Waals surface area contributed by atoms with Crippen LogP contribution in [0.2, 0.25) is 0 Å². The van der Waals surface area contributed by atoms with E-state index in [1.54, 1.807) is 7.11 Å². The van der Waals surface area contributed by atoms with Crippen molar-refractivity contribution in [2.45, 2.75) is 13.5 Å². The van der Waals surface area contributed by atoms with Crippen LogP contribution < -0.4 is 9.46 Å². The van der Waals surface area contributed by atoms with Gasteiger partial charge in [-0.15, -0.1) is 0 Å². The van der Waals surface area contributed by atoms with Crippen molar-refractivity contribution in [2.75, 3.05) is 46.8 Å². The molecule has 1 unspecified atom stereocenters. The Morgan fingerprint density at radius 1 is 1.17 bits per heavy atom. The van der Waals surface area contributed by atoms with Gasteiger partial charge in [-0.1, -0.05) is 0 Å². The van der Waals surface area contributed by atoms with Gasteiger partial charge in [0.25, 0.3) is 0 Å². The standard InChI is InChI=1S/C7H16FO6P.C6H11N2/c1-11-2-3-12-4-5-13-6-7-14-15(8,9)10;1-3-8-5-4-7(2)6-8/h2-7H2,1H3,(H,9,10);4-6H,3H2,1-2H3/q;+1/p-1. The molecule has 0 aromatic carbocycles. The second-order valence-corrected chi connectivity index (χ2v) is 5.51. The minimum atomic E-state index is -5.11. The molecule has 1 atom stereocenters. The number of ether oxygens (including phenoxy) is 3. The van der Waals surface area contributed by atoms with E-state index in [2.05, 4.69) is 28.5 Å². The van der Waals surface area contributed by atoms with E-state index in [9.17, 15) is 13.7 Å². The van der Waals surface area contributed by atoms with E-state index in [1.807, 2.05) is 17.8 Å². The van der Waals surface area contributed by atoms with Crippen molar-refractivity contribution in [3.63, 3.8) is 0 Å². The number of aryl methyl sites for hydroxylation is 2. The summed E-state index contributed by atoms with van der Waals surface area (Å²) in [5, 5.41) is 0. The van der Waals surface area contributed by atoms with Crippen LogP contribution in [0, 0.1) is 0 Å². The molecule has 1 rings (SSSR count). The third kappa shape index (κ3) is 15.8. The van der Waals surface area contributed by atoms with Gasteiger partial charge in [-0.05, 0) is 6.92 Å². The lowest BCUT2D eigenvalue weighted by Crippen LogP contribution is -2.23.